The Balaban J connectivity index is 2.82. The number of hydrogen-bond donors (Lipinski definition) is 2. The number of esters is 1. The normalized spacial score (nSPS) is 11.9. The van der Waals surface area contributed by atoms with Crippen molar-refractivity contribution in [3.05, 3.63) is 23.8 Å². The zero-order valence-electron chi connectivity index (χ0n) is 10.6. The molecule has 4 nitrogen and oxygen atoms in total. The Morgan fingerprint density at radius 2 is 2.18 bits per heavy atom. The van der Waals surface area contributed by atoms with Crippen molar-refractivity contribution in [2.75, 3.05) is 17.7 Å². The molecule has 0 unspecified atom stereocenters. The molecule has 0 aliphatic carbocycles. The lowest BCUT2D eigenvalue weighted by molar-refractivity contribution is 0.0526. The standard InChI is InChI=1S/C13H20N2O2/c1-4-9(3)15-12-7-6-10(8-11(12)14)13(16)17-5-2/h6-9,15H,4-5,14H2,1-3H3/t9-/m1/s1. The van der Waals surface area contributed by atoms with Crippen molar-refractivity contribution >= 4 is 17.3 Å². The van der Waals surface area contributed by atoms with E-state index in [4.69, 9.17) is 10.5 Å². The first-order chi connectivity index (χ1) is 8.08. The molecule has 1 aromatic carbocycles. The third-order valence-corrected chi connectivity index (χ3v) is 2.58. The smallest absolute Gasteiger partial charge is 0.338 e. The fourth-order valence-electron chi connectivity index (χ4n) is 1.40. The van der Waals surface area contributed by atoms with Gasteiger partial charge in [0.15, 0.2) is 0 Å². The number of nitrogens with two attached hydrogens (primary N) is 1. The Morgan fingerprint density at radius 1 is 1.47 bits per heavy atom. The van der Waals surface area contributed by atoms with Crippen LogP contribution >= 0.6 is 0 Å². The number of anilines is 2. The van der Waals surface area contributed by atoms with Crippen molar-refractivity contribution in [2.24, 2.45) is 0 Å². The predicted octanol–water partition coefficient (Wildman–Crippen LogP) is 2.66. The van der Waals surface area contributed by atoms with E-state index < -0.39 is 0 Å². The van der Waals surface area contributed by atoms with E-state index in [1.807, 2.05) is 6.07 Å². The highest BCUT2D eigenvalue weighted by molar-refractivity contribution is 5.91. The molecular formula is C13H20N2O2. The average Bonchev–Trinajstić information content (AvgIpc) is 2.31. The molecule has 0 fully saturated rings. The van der Waals surface area contributed by atoms with E-state index in [0.29, 0.717) is 23.9 Å². The first-order valence-electron chi connectivity index (χ1n) is 5.91. The summed E-state index contributed by atoms with van der Waals surface area (Å²) in [6.45, 7) is 6.32. The van der Waals surface area contributed by atoms with Crippen LogP contribution < -0.4 is 11.1 Å². The highest BCUT2D eigenvalue weighted by atomic mass is 16.5. The second-order valence-corrected chi connectivity index (χ2v) is 3.98. The molecule has 4 heteroatoms. The molecule has 0 aromatic heterocycles. The molecule has 0 heterocycles. The van der Waals surface area contributed by atoms with Crippen LogP contribution in [0.3, 0.4) is 0 Å². The molecule has 17 heavy (non-hydrogen) atoms. The minimum absolute atomic E-state index is 0.339. The molecule has 0 aliphatic rings. The largest absolute Gasteiger partial charge is 0.462 e. The van der Waals surface area contributed by atoms with Gasteiger partial charge in [-0.25, -0.2) is 4.79 Å². The monoisotopic (exact) mass is 236 g/mol. The summed E-state index contributed by atoms with van der Waals surface area (Å²) in [5.41, 5.74) is 7.79. The van der Waals surface area contributed by atoms with Crippen LogP contribution in [0.2, 0.25) is 0 Å². The van der Waals surface area contributed by atoms with Crippen molar-refractivity contribution in [3.8, 4) is 0 Å². The van der Waals surface area contributed by atoms with Crippen LogP contribution in [0, 0.1) is 0 Å². The number of benzene rings is 1. The minimum Gasteiger partial charge on any atom is -0.462 e. The summed E-state index contributed by atoms with van der Waals surface area (Å²) in [7, 11) is 0. The molecule has 0 spiro atoms. The van der Waals surface area contributed by atoms with Gasteiger partial charge >= 0.3 is 5.97 Å². The second kappa shape index (κ2) is 6.13. The fourth-order valence-corrected chi connectivity index (χ4v) is 1.40. The molecule has 1 rings (SSSR count). The quantitative estimate of drug-likeness (QED) is 0.609. The Kier molecular flexibility index (Phi) is 4.82. The molecular weight excluding hydrogens is 216 g/mol. The van der Waals surface area contributed by atoms with Crippen LogP contribution in [-0.2, 0) is 4.74 Å². The Hall–Kier alpha value is -1.71. The third-order valence-electron chi connectivity index (χ3n) is 2.58. The predicted molar refractivity (Wildman–Crippen MR) is 70.2 cm³/mol. The number of carbonyl (C=O) groups is 1. The molecule has 1 aromatic rings. The summed E-state index contributed by atoms with van der Waals surface area (Å²) in [6.07, 6.45) is 1.01. The maximum atomic E-state index is 11.5. The van der Waals surface area contributed by atoms with Crippen molar-refractivity contribution in [1.82, 2.24) is 0 Å². The Labute approximate surface area is 102 Å². The van der Waals surface area contributed by atoms with E-state index in [1.165, 1.54) is 0 Å². The van der Waals surface area contributed by atoms with Crippen molar-refractivity contribution in [1.29, 1.82) is 0 Å². The summed E-state index contributed by atoms with van der Waals surface area (Å²) in [5.74, 6) is -0.339. The van der Waals surface area contributed by atoms with Gasteiger partial charge in [0.1, 0.15) is 0 Å². The van der Waals surface area contributed by atoms with Crippen LogP contribution in [0.5, 0.6) is 0 Å². The molecule has 0 amide bonds. The van der Waals surface area contributed by atoms with E-state index in [-0.39, 0.29) is 5.97 Å². The van der Waals surface area contributed by atoms with Gasteiger partial charge in [-0.1, -0.05) is 6.92 Å². The number of carbonyl (C=O) groups excluding carboxylic acids is 1. The van der Waals surface area contributed by atoms with Crippen molar-refractivity contribution in [2.45, 2.75) is 33.2 Å². The number of nitrogens with one attached hydrogen (secondary N) is 1. The van der Waals surface area contributed by atoms with Gasteiger partial charge in [-0.3, -0.25) is 0 Å². The van der Waals surface area contributed by atoms with Gasteiger partial charge in [-0.15, -0.1) is 0 Å². The van der Waals surface area contributed by atoms with Gasteiger partial charge in [0, 0.05) is 6.04 Å². The van der Waals surface area contributed by atoms with Crippen LogP contribution in [-0.4, -0.2) is 18.6 Å². The van der Waals surface area contributed by atoms with Crippen LogP contribution in [0.25, 0.3) is 0 Å². The molecule has 0 aliphatic heterocycles. The summed E-state index contributed by atoms with van der Waals surface area (Å²) in [4.78, 5) is 11.5. The third kappa shape index (κ3) is 3.66. The first kappa shape index (κ1) is 13.4. The number of rotatable bonds is 5. The van der Waals surface area contributed by atoms with E-state index in [0.717, 1.165) is 12.1 Å². The van der Waals surface area contributed by atoms with E-state index >= 15 is 0 Å². The maximum Gasteiger partial charge on any atom is 0.338 e. The van der Waals surface area contributed by atoms with Crippen LogP contribution in [0.1, 0.15) is 37.6 Å². The Bertz CT molecular complexity index is 391. The van der Waals surface area contributed by atoms with Crippen LogP contribution in [0.15, 0.2) is 18.2 Å². The highest BCUT2D eigenvalue weighted by Gasteiger charge is 2.09. The summed E-state index contributed by atoms with van der Waals surface area (Å²) < 4.78 is 4.91. The molecule has 0 saturated heterocycles. The zero-order chi connectivity index (χ0) is 12.8. The number of nitrogen functional groups attached to an aromatic ring is 1. The Morgan fingerprint density at radius 3 is 2.71 bits per heavy atom. The van der Waals surface area contributed by atoms with Gasteiger partial charge < -0.3 is 15.8 Å². The van der Waals surface area contributed by atoms with Gasteiger partial charge in [0.2, 0.25) is 0 Å². The summed E-state index contributed by atoms with van der Waals surface area (Å²) >= 11 is 0. The fraction of sp³-hybridized carbons (Fsp3) is 0.462. The molecule has 0 radical (unpaired) electrons. The second-order valence-electron chi connectivity index (χ2n) is 3.98. The van der Waals surface area contributed by atoms with Gasteiger partial charge in [0.25, 0.3) is 0 Å². The molecule has 0 saturated carbocycles. The van der Waals surface area contributed by atoms with Crippen LogP contribution in [0.4, 0.5) is 11.4 Å². The molecule has 94 valence electrons. The zero-order valence-corrected chi connectivity index (χ0v) is 10.6. The van der Waals surface area contributed by atoms with Gasteiger partial charge in [0.05, 0.1) is 23.5 Å². The average molecular weight is 236 g/mol. The number of ether oxygens (including phenoxy) is 1. The lowest BCUT2D eigenvalue weighted by Crippen LogP contribution is -2.15. The molecule has 3 N–H and O–H groups in total. The first-order valence-corrected chi connectivity index (χ1v) is 5.91. The lowest BCUT2D eigenvalue weighted by Gasteiger charge is -2.15. The lowest BCUT2D eigenvalue weighted by atomic mass is 10.1. The summed E-state index contributed by atoms with van der Waals surface area (Å²) in [5, 5.41) is 3.28. The van der Waals surface area contributed by atoms with E-state index in [2.05, 4.69) is 19.2 Å². The minimum atomic E-state index is -0.339. The van der Waals surface area contributed by atoms with Gasteiger partial charge in [-0.05, 0) is 38.5 Å². The highest BCUT2D eigenvalue weighted by Crippen LogP contribution is 2.21. The van der Waals surface area contributed by atoms with Gasteiger partial charge in [-0.2, -0.15) is 0 Å². The maximum absolute atomic E-state index is 11.5. The van der Waals surface area contributed by atoms with E-state index in [1.54, 1.807) is 19.1 Å². The molecule has 0 bridgehead atoms. The topological polar surface area (TPSA) is 64.3 Å². The number of hydrogen-bond acceptors (Lipinski definition) is 4. The van der Waals surface area contributed by atoms with Crippen molar-refractivity contribution in [3.63, 3.8) is 0 Å². The van der Waals surface area contributed by atoms with Crippen molar-refractivity contribution < 1.29 is 9.53 Å². The SMILES string of the molecule is CCOC(=O)c1ccc(N[C@H](C)CC)c(N)c1. The summed E-state index contributed by atoms with van der Waals surface area (Å²) in [6, 6.07) is 5.53. The molecule has 1 atom stereocenters. The van der Waals surface area contributed by atoms with E-state index in [9.17, 15) is 4.79 Å².